The molecule has 0 saturated heterocycles. The van der Waals surface area contributed by atoms with E-state index in [0.717, 1.165) is 11.8 Å². The van der Waals surface area contributed by atoms with Gasteiger partial charge < -0.3 is 5.32 Å². The smallest absolute Gasteiger partial charge is 0.224 e. The second-order valence-corrected chi connectivity index (χ2v) is 7.31. The van der Waals surface area contributed by atoms with Gasteiger partial charge in [0, 0.05) is 24.7 Å². The van der Waals surface area contributed by atoms with Crippen LogP contribution in [0.4, 0.5) is 0 Å². The Morgan fingerprint density at radius 2 is 2.00 bits per heavy atom. The lowest BCUT2D eigenvalue weighted by Gasteiger charge is -2.14. The van der Waals surface area contributed by atoms with Crippen molar-refractivity contribution in [1.29, 1.82) is 0 Å². The Morgan fingerprint density at radius 1 is 1.32 bits per heavy atom. The second kappa shape index (κ2) is 6.74. The van der Waals surface area contributed by atoms with Crippen LogP contribution in [-0.2, 0) is 27.6 Å². The number of carbonyl (C=O) groups is 1. The molecule has 22 heavy (non-hydrogen) atoms. The zero-order valence-corrected chi connectivity index (χ0v) is 13.4. The number of rotatable bonds is 6. The van der Waals surface area contributed by atoms with Crippen molar-refractivity contribution in [3.05, 3.63) is 48.3 Å². The quantitative estimate of drug-likeness (QED) is 0.862. The highest BCUT2D eigenvalue weighted by molar-refractivity contribution is 7.90. The van der Waals surface area contributed by atoms with E-state index in [1.54, 1.807) is 23.0 Å². The van der Waals surface area contributed by atoms with Gasteiger partial charge in [0.05, 0.1) is 17.9 Å². The Hall–Kier alpha value is -2.15. The number of nitrogens with one attached hydrogen (secondary N) is 1. The number of sulfone groups is 1. The fourth-order valence-electron chi connectivity index (χ4n) is 2.10. The van der Waals surface area contributed by atoms with Crippen LogP contribution >= 0.6 is 0 Å². The third-order valence-corrected chi connectivity index (χ3v) is 4.27. The Morgan fingerprint density at radius 3 is 2.55 bits per heavy atom. The van der Waals surface area contributed by atoms with E-state index < -0.39 is 9.84 Å². The molecule has 1 aromatic carbocycles. The highest BCUT2D eigenvalue weighted by Gasteiger charge is 2.10. The molecule has 1 N–H and O–H groups in total. The number of hydrogen-bond acceptors (Lipinski definition) is 4. The first-order valence-electron chi connectivity index (χ1n) is 6.90. The van der Waals surface area contributed by atoms with E-state index in [1.165, 1.54) is 12.1 Å². The van der Waals surface area contributed by atoms with Gasteiger partial charge in [0.25, 0.3) is 0 Å². The van der Waals surface area contributed by atoms with E-state index in [4.69, 9.17) is 0 Å². The first-order chi connectivity index (χ1) is 10.3. The van der Waals surface area contributed by atoms with Gasteiger partial charge in [-0.05, 0) is 30.7 Å². The third kappa shape index (κ3) is 4.70. The van der Waals surface area contributed by atoms with Crippen LogP contribution in [0.3, 0.4) is 0 Å². The standard InChI is InChI=1S/C15H19N3O3S/c1-12(11-18-9-3-8-16-18)17-15(19)10-13-4-6-14(7-5-13)22(2,20)21/h3-9,12H,10-11H2,1-2H3,(H,17,19). The van der Waals surface area contributed by atoms with E-state index in [9.17, 15) is 13.2 Å². The Bertz CT molecular complexity index is 722. The van der Waals surface area contributed by atoms with Crippen molar-refractivity contribution in [2.24, 2.45) is 0 Å². The molecule has 0 fully saturated rings. The summed E-state index contributed by atoms with van der Waals surface area (Å²) in [6.45, 7) is 2.51. The number of amides is 1. The number of benzene rings is 1. The summed E-state index contributed by atoms with van der Waals surface area (Å²) >= 11 is 0. The maximum Gasteiger partial charge on any atom is 0.224 e. The van der Waals surface area contributed by atoms with Crippen LogP contribution in [0.1, 0.15) is 12.5 Å². The van der Waals surface area contributed by atoms with Crippen LogP contribution in [0.15, 0.2) is 47.6 Å². The molecule has 0 aliphatic carbocycles. The molecule has 7 heteroatoms. The third-order valence-electron chi connectivity index (χ3n) is 3.14. The van der Waals surface area contributed by atoms with Crippen LogP contribution in [0, 0.1) is 0 Å². The summed E-state index contributed by atoms with van der Waals surface area (Å²) in [5, 5.41) is 6.98. The van der Waals surface area contributed by atoms with Gasteiger partial charge in [-0.25, -0.2) is 8.42 Å². The van der Waals surface area contributed by atoms with Crippen molar-refractivity contribution in [3.8, 4) is 0 Å². The molecule has 0 bridgehead atoms. The molecule has 1 unspecified atom stereocenters. The fourth-order valence-corrected chi connectivity index (χ4v) is 2.73. The molecule has 0 aliphatic heterocycles. The summed E-state index contributed by atoms with van der Waals surface area (Å²) in [5.41, 5.74) is 0.774. The zero-order chi connectivity index (χ0) is 16.2. The van der Waals surface area contributed by atoms with Crippen LogP contribution < -0.4 is 5.32 Å². The first-order valence-corrected chi connectivity index (χ1v) is 8.79. The zero-order valence-electron chi connectivity index (χ0n) is 12.6. The van der Waals surface area contributed by atoms with Crippen LogP contribution in [0.25, 0.3) is 0 Å². The van der Waals surface area contributed by atoms with Crippen molar-refractivity contribution < 1.29 is 13.2 Å². The summed E-state index contributed by atoms with van der Waals surface area (Å²) in [6.07, 6.45) is 4.91. The van der Waals surface area contributed by atoms with Crippen molar-refractivity contribution >= 4 is 15.7 Å². The SMILES string of the molecule is CC(Cn1cccn1)NC(=O)Cc1ccc(S(C)(=O)=O)cc1. The van der Waals surface area contributed by atoms with Crippen molar-refractivity contribution in [1.82, 2.24) is 15.1 Å². The van der Waals surface area contributed by atoms with Gasteiger partial charge in [-0.2, -0.15) is 5.10 Å². The highest BCUT2D eigenvalue weighted by atomic mass is 32.2. The molecular weight excluding hydrogens is 302 g/mol. The van der Waals surface area contributed by atoms with E-state index in [0.29, 0.717) is 6.54 Å². The molecule has 1 heterocycles. The minimum atomic E-state index is -3.21. The molecule has 1 amide bonds. The summed E-state index contributed by atoms with van der Waals surface area (Å²) in [4.78, 5) is 12.2. The molecule has 0 spiro atoms. The lowest BCUT2D eigenvalue weighted by Crippen LogP contribution is -2.36. The van der Waals surface area contributed by atoms with Crippen LogP contribution in [-0.4, -0.2) is 36.4 Å². The topological polar surface area (TPSA) is 81.1 Å². The van der Waals surface area contributed by atoms with Crippen molar-refractivity contribution in [2.45, 2.75) is 30.8 Å². The molecule has 0 radical (unpaired) electrons. The number of nitrogens with zero attached hydrogens (tertiary/aromatic N) is 2. The molecule has 1 aromatic heterocycles. The Kier molecular flexibility index (Phi) is 4.97. The minimum absolute atomic E-state index is 0.0392. The Balaban J connectivity index is 1.89. The lowest BCUT2D eigenvalue weighted by atomic mass is 10.1. The van der Waals surface area contributed by atoms with E-state index in [2.05, 4.69) is 10.4 Å². The molecule has 2 rings (SSSR count). The largest absolute Gasteiger partial charge is 0.351 e. The van der Waals surface area contributed by atoms with Gasteiger partial charge in [0.2, 0.25) is 5.91 Å². The molecule has 6 nitrogen and oxygen atoms in total. The van der Waals surface area contributed by atoms with E-state index in [-0.39, 0.29) is 23.3 Å². The fraction of sp³-hybridized carbons (Fsp3) is 0.333. The molecule has 2 aromatic rings. The van der Waals surface area contributed by atoms with Gasteiger partial charge in [-0.3, -0.25) is 9.48 Å². The first kappa shape index (κ1) is 16.2. The van der Waals surface area contributed by atoms with Gasteiger partial charge in [0.1, 0.15) is 0 Å². The van der Waals surface area contributed by atoms with E-state index in [1.807, 2.05) is 19.2 Å². The van der Waals surface area contributed by atoms with Crippen molar-refractivity contribution in [3.63, 3.8) is 0 Å². The normalized spacial score (nSPS) is 12.8. The maximum atomic E-state index is 12.0. The lowest BCUT2D eigenvalue weighted by molar-refractivity contribution is -0.121. The van der Waals surface area contributed by atoms with Crippen molar-refractivity contribution in [2.75, 3.05) is 6.26 Å². The van der Waals surface area contributed by atoms with Gasteiger partial charge in [-0.15, -0.1) is 0 Å². The second-order valence-electron chi connectivity index (χ2n) is 5.29. The molecule has 0 aliphatic rings. The summed E-state index contributed by atoms with van der Waals surface area (Å²) in [5.74, 6) is -0.105. The van der Waals surface area contributed by atoms with Gasteiger partial charge in [0.15, 0.2) is 9.84 Å². The predicted octanol–water partition coefficient (Wildman–Crippen LogP) is 1.03. The monoisotopic (exact) mass is 321 g/mol. The average Bonchev–Trinajstić information content (AvgIpc) is 2.90. The van der Waals surface area contributed by atoms with Gasteiger partial charge in [-0.1, -0.05) is 12.1 Å². The molecule has 118 valence electrons. The summed E-state index contributed by atoms with van der Waals surface area (Å²) < 4.78 is 24.5. The molecular formula is C15H19N3O3S. The maximum absolute atomic E-state index is 12.0. The molecule has 1 atom stereocenters. The average molecular weight is 321 g/mol. The van der Waals surface area contributed by atoms with Gasteiger partial charge >= 0.3 is 0 Å². The Labute approximate surface area is 130 Å². The van der Waals surface area contributed by atoms with Crippen LogP contribution in [0.5, 0.6) is 0 Å². The highest BCUT2D eigenvalue weighted by Crippen LogP contribution is 2.10. The minimum Gasteiger partial charge on any atom is -0.351 e. The molecule has 0 saturated carbocycles. The number of carbonyl (C=O) groups excluding carboxylic acids is 1. The predicted molar refractivity (Wildman–Crippen MR) is 83.1 cm³/mol. The number of aromatic nitrogens is 2. The van der Waals surface area contributed by atoms with E-state index >= 15 is 0 Å². The number of hydrogen-bond donors (Lipinski definition) is 1. The summed E-state index contributed by atoms with van der Waals surface area (Å²) in [7, 11) is -3.21. The van der Waals surface area contributed by atoms with Crippen LogP contribution in [0.2, 0.25) is 0 Å². The summed E-state index contributed by atoms with van der Waals surface area (Å²) in [6, 6.07) is 8.15.